The van der Waals surface area contributed by atoms with Crippen LogP contribution in [-0.2, 0) is 19.5 Å². The van der Waals surface area contributed by atoms with E-state index in [4.69, 9.17) is 19.6 Å². The Morgan fingerprint density at radius 1 is 1.10 bits per heavy atom. The Bertz CT molecular complexity index is 1360. The third kappa shape index (κ3) is 3.20. The minimum Gasteiger partial charge on any atom is -0.493 e. The molecular weight excluding hydrogens is 392 g/mol. The van der Waals surface area contributed by atoms with Gasteiger partial charge in [0.15, 0.2) is 11.3 Å². The fourth-order valence-corrected chi connectivity index (χ4v) is 4.54. The number of para-hydroxylation sites is 1. The minimum atomic E-state index is -0.0607. The lowest BCUT2D eigenvalue weighted by atomic mass is 9.97. The molecule has 1 aliphatic heterocycles. The lowest BCUT2D eigenvalue weighted by Crippen LogP contribution is -2.31. The SMILES string of the molecule is COc1cc(CN2CCc3c(N)cccc3C2)c2c(=O)c3ccccc3oc2c1OC. The standard InChI is InChI=1S/C25H24N2O4/c1-29-21-12-16(14-27-11-10-17-15(13-27)6-5-8-19(17)26)22-23(28)18-7-3-4-9-20(18)31-25(22)24(21)30-2/h3-9,12H,10-11,13-14,26H2,1-2H3. The van der Waals surface area contributed by atoms with Crippen molar-refractivity contribution in [3.05, 3.63) is 75.4 Å². The van der Waals surface area contributed by atoms with E-state index in [2.05, 4.69) is 11.0 Å². The molecule has 2 N–H and O–H groups in total. The maximum atomic E-state index is 13.5. The first kappa shape index (κ1) is 19.5. The molecule has 4 aromatic rings. The zero-order valence-corrected chi connectivity index (χ0v) is 17.6. The number of fused-ring (bicyclic) bond motifs is 3. The normalized spacial score (nSPS) is 14.0. The van der Waals surface area contributed by atoms with Crippen LogP contribution in [0.2, 0.25) is 0 Å². The molecule has 0 saturated heterocycles. The molecular formula is C25H24N2O4. The lowest BCUT2D eigenvalue weighted by Gasteiger charge is -2.30. The van der Waals surface area contributed by atoms with Crippen molar-refractivity contribution < 1.29 is 13.9 Å². The van der Waals surface area contributed by atoms with Gasteiger partial charge in [-0.2, -0.15) is 0 Å². The highest BCUT2D eigenvalue weighted by Gasteiger charge is 2.23. The van der Waals surface area contributed by atoms with Crippen molar-refractivity contribution in [2.24, 2.45) is 0 Å². The summed E-state index contributed by atoms with van der Waals surface area (Å²) in [5.41, 5.74) is 11.2. The van der Waals surface area contributed by atoms with Gasteiger partial charge in [-0.15, -0.1) is 0 Å². The van der Waals surface area contributed by atoms with E-state index in [1.54, 1.807) is 26.4 Å². The highest BCUT2D eigenvalue weighted by Crippen LogP contribution is 2.39. The first-order chi connectivity index (χ1) is 15.1. The highest BCUT2D eigenvalue weighted by molar-refractivity contribution is 5.95. The third-order valence-electron chi connectivity index (χ3n) is 6.05. The zero-order valence-electron chi connectivity index (χ0n) is 17.6. The van der Waals surface area contributed by atoms with Gasteiger partial charge in [-0.05, 0) is 47.4 Å². The second-order valence-electron chi connectivity index (χ2n) is 7.85. The van der Waals surface area contributed by atoms with Crippen LogP contribution in [0.15, 0.2) is 57.7 Å². The molecule has 5 rings (SSSR count). The lowest BCUT2D eigenvalue weighted by molar-refractivity contribution is 0.246. The second-order valence-corrected chi connectivity index (χ2v) is 7.85. The van der Waals surface area contributed by atoms with Crippen LogP contribution in [0.1, 0.15) is 16.7 Å². The van der Waals surface area contributed by atoms with Gasteiger partial charge in [0.05, 0.1) is 25.0 Å². The summed E-state index contributed by atoms with van der Waals surface area (Å²) in [4.78, 5) is 15.8. The maximum absolute atomic E-state index is 13.5. The van der Waals surface area contributed by atoms with E-state index >= 15 is 0 Å². The van der Waals surface area contributed by atoms with E-state index in [0.29, 0.717) is 40.0 Å². The van der Waals surface area contributed by atoms with Crippen molar-refractivity contribution in [3.63, 3.8) is 0 Å². The summed E-state index contributed by atoms with van der Waals surface area (Å²) in [6.07, 6.45) is 0.880. The molecule has 6 nitrogen and oxygen atoms in total. The number of hydrogen-bond acceptors (Lipinski definition) is 6. The van der Waals surface area contributed by atoms with Crippen LogP contribution in [0.5, 0.6) is 11.5 Å². The Balaban J connectivity index is 1.66. The smallest absolute Gasteiger partial charge is 0.204 e. The van der Waals surface area contributed by atoms with Crippen LogP contribution in [0, 0.1) is 0 Å². The van der Waals surface area contributed by atoms with Gasteiger partial charge in [-0.3, -0.25) is 9.69 Å². The second kappa shape index (κ2) is 7.63. The summed E-state index contributed by atoms with van der Waals surface area (Å²) in [6, 6.07) is 15.2. The molecule has 6 heteroatoms. The molecule has 0 radical (unpaired) electrons. The van der Waals surface area contributed by atoms with Gasteiger partial charge in [0.25, 0.3) is 0 Å². The van der Waals surface area contributed by atoms with Crippen LogP contribution in [0.25, 0.3) is 21.9 Å². The summed E-state index contributed by atoms with van der Waals surface area (Å²) in [5, 5.41) is 1.09. The molecule has 0 bridgehead atoms. The minimum absolute atomic E-state index is 0.0607. The number of benzene rings is 3. The van der Waals surface area contributed by atoms with Crippen LogP contribution < -0.4 is 20.6 Å². The number of hydrogen-bond donors (Lipinski definition) is 1. The molecule has 0 atom stereocenters. The fourth-order valence-electron chi connectivity index (χ4n) is 4.54. The predicted octanol–water partition coefficient (Wildman–Crippen LogP) is 4.10. The molecule has 0 aliphatic carbocycles. The topological polar surface area (TPSA) is 77.9 Å². The monoisotopic (exact) mass is 416 g/mol. The van der Waals surface area contributed by atoms with E-state index in [-0.39, 0.29) is 5.43 Å². The molecule has 1 aromatic heterocycles. The van der Waals surface area contributed by atoms with Crippen molar-refractivity contribution in [2.75, 3.05) is 26.5 Å². The Morgan fingerprint density at radius 2 is 1.94 bits per heavy atom. The summed E-state index contributed by atoms with van der Waals surface area (Å²) >= 11 is 0. The van der Waals surface area contributed by atoms with Crippen LogP contribution in [-0.4, -0.2) is 25.7 Å². The Hall–Kier alpha value is -3.51. The molecule has 3 aromatic carbocycles. The van der Waals surface area contributed by atoms with Crippen molar-refractivity contribution in [3.8, 4) is 11.5 Å². The number of nitrogen functional groups attached to an aromatic ring is 1. The zero-order chi connectivity index (χ0) is 21.5. The molecule has 0 fully saturated rings. The molecule has 0 unspecified atom stereocenters. The fraction of sp³-hybridized carbons (Fsp3) is 0.240. The first-order valence-electron chi connectivity index (χ1n) is 10.3. The summed E-state index contributed by atoms with van der Waals surface area (Å²) in [6.45, 7) is 2.22. The van der Waals surface area contributed by atoms with Gasteiger partial charge in [0, 0.05) is 25.3 Å². The third-order valence-corrected chi connectivity index (χ3v) is 6.05. The van der Waals surface area contributed by atoms with Crippen LogP contribution in [0.3, 0.4) is 0 Å². The van der Waals surface area contributed by atoms with Gasteiger partial charge < -0.3 is 19.6 Å². The Kier molecular flexibility index (Phi) is 4.79. The number of anilines is 1. The van der Waals surface area contributed by atoms with E-state index in [0.717, 1.165) is 30.8 Å². The molecule has 31 heavy (non-hydrogen) atoms. The van der Waals surface area contributed by atoms with E-state index < -0.39 is 0 Å². The Labute approximate surface area is 179 Å². The molecule has 0 amide bonds. The van der Waals surface area contributed by atoms with Crippen molar-refractivity contribution in [1.29, 1.82) is 0 Å². The quantitative estimate of drug-likeness (QED) is 0.399. The number of nitrogens with zero attached hydrogens (tertiary/aromatic N) is 1. The maximum Gasteiger partial charge on any atom is 0.204 e. The highest BCUT2D eigenvalue weighted by atomic mass is 16.5. The molecule has 1 aliphatic rings. The number of nitrogens with two attached hydrogens (primary N) is 1. The average Bonchev–Trinajstić information content (AvgIpc) is 2.79. The largest absolute Gasteiger partial charge is 0.493 e. The number of methoxy groups -OCH3 is 2. The van der Waals surface area contributed by atoms with E-state index in [1.165, 1.54) is 11.1 Å². The van der Waals surface area contributed by atoms with E-state index in [1.807, 2.05) is 30.3 Å². The first-order valence-corrected chi connectivity index (χ1v) is 10.3. The van der Waals surface area contributed by atoms with Crippen molar-refractivity contribution in [2.45, 2.75) is 19.5 Å². The molecule has 158 valence electrons. The van der Waals surface area contributed by atoms with Gasteiger partial charge in [0.2, 0.25) is 11.2 Å². The summed E-state index contributed by atoms with van der Waals surface area (Å²) in [5.74, 6) is 0.978. The Morgan fingerprint density at radius 3 is 2.74 bits per heavy atom. The molecule has 2 heterocycles. The van der Waals surface area contributed by atoms with Gasteiger partial charge >= 0.3 is 0 Å². The molecule has 0 saturated carbocycles. The van der Waals surface area contributed by atoms with Crippen molar-refractivity contribution >= 4 is 27.6 Å². The van der Waals surface area contributed by atoms with Gasteiger partial charge in [-0.25, -0.2) is 0 Å². The number of rotatable bonds is 4. The van der Waals surface area contributed by atoms with E-state index in [9.17, 15) is 4.79 Å². The number of ether oxygens (including phenoxy) is 2. The predicted molar refractivity (Wildman–Crippen MR) is 122 cm³/mol. The van der Waals surface area contributed by atoms with Crippen LogP contribution in [0.4, 0.5) is 5.69 Å². The molecule has 0 spiro atoms. The van der Waals surface area contributed by atoms with Gasteiger partial charge in [0.1, 0.15) is 5.58 Å². The van der Waals surface area contributed by atoms with Crippen LogP contribution >= 0.6 is 0 Å². The summed E-state index contributed by atoms with van der Waals surface area (Å²) in [7, 11) is 3.14. The van der Waals surface area contributed by atoms with Crippen molar-refractivity contribution in [1.82, 2.24) is 4.90 Å². The summed E-state index contributed by atoms with van der Waals surface area (Å²) < 4.78 is 17.3. The average molecular weight is 416 g/mol. The van der Waals surface area contributed by atoms with Gasteiger partial charge in [-0.1, -0.05) is 24.3 Å².